The second kappa shape index (κ2) is 7.71. The van der Waals surface area contributed by atoms with E-state index in [0.717, 1.165) is 19.3 Å². The Kier molecular flexibility index (Phi) is 5.33. The van der Waals surface area contributed by atoms with Gasteiger partial charge in [-0.25, -0.2) is 9.18 Å². The number of rotatable bonds is 5. The third-order valence-electron chi connectivity index (χ3n) is 6.59. The SMILES string of the molecule is COc1c(N2CCC(N(C)C)C(C)C2)c(F)c(N)c2c(=O)c(C(=O)O)cn(C3CC3)c12. The number of halogens is 1. The van der Waals surface area contributed by atoms with Crippen LogP contribution in [-0.4, -0.2) is 60.9 Å². The third-order valence-corrected chi connectivity index (χ3v) is 6.59. The number of aromatic carboxylic acids is 1. The molecule has 0 radical (unpaired) electrons. The molecule has 3 N–H and O–H groups in total. The van der Waals surface area contributed by atoms with E-state index in [-0.39, 0.29) is 34.5 Å². The Hall–Kier alpha value is -2.81. The molecule has 1 saturated carbocycles. The molecule has 0 spiro atoms. The van der Waals surface area contributed by atoms with Gasteiger partial charge in [0.1, 0.15) is 11.3 Å². The molecule has 2 aromatic rings. The number of pyridine rings is 1. The number of carboxylic acid groups (broad SMARTS) is 1. The average molecular weight is 432 g/mol. The van der Waals surface area contributed by atoms with E-state index in [9.17, 15) is 14.7 Å². The number of methoxy groups -OCH3 is 1. The molecule has 31 heavy (non-hydrogen) atoms. The Morgan fingerprint density at radius 3 is 2.52 bits per heavy atom. The van der Waals surface area contributed by atoms with Gasteiger partial charge in [-0.2, -0.15) is 0 Å². The number of carbonyl (C=O) groups is 1. The van der Waals surface area contributed by atoms with E-state index in [1.807, 2.05) is 19.0 Å². The number of hydrogen-bond donors (Lipinski definition) is 2. The number of aromatic nitrogens is 1. The summed E-state index contributed by atoms with van der Waals surface area (Å²) in [6.45, 7) is 3.36. The number of hydrogen-bond acceptors (Lipinski definition) is 6. The van der Waals surface area contributed by atoms with Crippen LogP contribution in [0, 0.1) is 11.7 Å². The number of piperidine rings is 1. The Labute approximate surface area is 180 Å². The molecule has 168 valence electrons. The summed E-state index contributed by atoms with van der Waals surface area (Å²) in [6.07, 6.45) is 3.88. The third kappa shape index (κ3) is 3.40. The molecule has 1 aliphatic heterocycles. The van der Waals surface area contributed by atoms with Gasteiger partial charge in [0.2, 0.25) is 5.43 Å². The monoisotopic (exact) mass is 432 g/mol. The van der Waals surface area contributed by atoms with Crippen LogP contribution in [0.25, 0.3) is 10.9 Å². The van der Waals surface area contributed by atoms with Crippen LogP contribution in [0.4, 0.5) is 15.8 Å². The van der Waals surface area contributed by atoms with Crippen molar-refractivity contribution in [2.24, 2.45) is 5.92 Å². The highest BCUT2D eigenvalue weighted by atomic mass is 19.1. The normalized spacial score (nSPS) is 21.7. The van der Waals surface area contributed by atoms with E-state index in [2.05, 4.69) is 11.8 Å². The topological polar surface area (TPSA) is 101 Å². The van der Waals surface area contributed by atoms with Gasteiger partial charge in [-0.3, -0.25) is 4.79 Å². The lowest BCUT2D eigenvalue weighted by Gasteiger charge is -2.41. The first-order chi connectivity index (χ1) is 14.7. The highest BCUT2D eigenvalue weighted by Gasteiger charge is 2.35. The minimum Gasteiger partial charge on any atom is -0.492 e. The van der Waals surface area contributed by atoms with Crippen LogP contribution in [-0.2, 0) is 0 Å². The van der Waals surface area contributed by atoms with Crippen LogP contribution in [0.5, 0.6) is 5.75 Å². The smallest absolute Gasteiger partial charge is 0.341 e. The number of anilines is 2. The van der Waals surface area contributed by atoms with Gasteiger partial charge in [0.25, 0.3) is 0 Å². The zero-order valence-corrected chi connectivity index (χ0v) is 18.3. The molecule has 2 atom stereocenters. The minimum atomic E-state index is -1.36. The van der Waals surface area contributed by atoms with Gasteiger partial charge in [0.15, 0.2) is 11.6 Å². The zero-order chi connectivity index (χ0) is 22.6. The first-order valence-electron chi connectivity index (χ1n) is 10.6. The van der Waals surface area contributed by atoms with Crippen LogP contribution in [0.3, 0.4) is 0 Å². The summed E-state index contributed by atoms with van der Waals surface area (Å²) in [5.74, 6) is -1.58. The molecule has 1 aromatic carbocycles. The fourth-order valence-electron chi connectivity index (χ4n) is 4.94. The van der Waals surface area contributed by atoms with E-state index in [4.69, 9.17) is 10.5 Å². The van der Waals surface area contributed by atoms with Crippen molar-refractivity contribution in [2.45, 2.75) is 38.3 Å². The molecule has 0 amide bonds. The Bertz CT molecular complexity index is 1110. The summed E-state index contributed by atoms with van der Waals surface area (Å²) in [7, 11) is 5.53. The first-order valence-corrected chi connectivity index (χ1v) is 10.6. The van der Waals surface area contributed by atoms with Gasteiger partial charge >= 0.3 is 5.97 Å². The van der Waals surface area contributed by atoms with Crippen LogP contribution in [0.2, 0.25) is 0 Å². The van der Waals surface area contributed by atoms with E-state index < -0.39 is 22.8 Å². The lowest BCUT2D eigenvalue weighted by molar-refractivity contribution is 0.0695. The van der Waals surface area contributed by atoms with Crippen molar-refractivity contribution in [3.05, 3.63) is 27.8 Å². The van der Waals surface area contributed by atoms with E-state index in [1.165, 1.54) is 13.3 Å². The molecular weight excluding hydrogens is 403 g/mol. The van der Waals surface area contributed by atoms with Crippen molar-refractivity contribution >= 4 is 28.2 Å². The van der Waals surface area contributed by atoms with E-state index in [1.54, 1.807) is 4.57 Å². The number of carboxylic acids is 1. The Morgan fingerprint density at radius 1 is 1.32 bits per heavy atom. The molecule has 1 aromatic heterocycles. The number of nitrogen functional groups attached to an aromatic ring is 1. The lowest BCUT2D eigenvalue weighted by Crippen LogP contribution is -2.48. The van der Waals surface area contributed by atoms with Crippen molar-refractivity contribution in [1.29, 1.82) is 0 Å². The van der Waals surface area contributed by atoms with Gasteiger partial charge in [-0.05, 0) is 39.3 Å². The summed E-state index contributed by atoms with van der Waals surface area (Å²) in [4.78, 5) is 28.7. The highest BCUT2D eigenvalue weighted by molar-refractivity contribution is 6.03. The molecule has 1 aliphatic carbocycles. The first kappa shape index (κ1) is 21.4. The number of nitrogens with two attached hydrogens (primary N) is 1. The lowest BCUT2D eigenvalue weighted by atomic mass is 9.92. The van der Waals surface area contributed by atoms with Crippen molar-refractivity contribution in [1.82, 2.24) is 9.47 Å². The maximum atomic E-state index is 15.7. The van der Waals surface area contributed by atoms with Gasteiger partial charge in [0, 0.05) is 31.4 Å². The molecule has 8 nitrogen and oxygen atoms in total. The number of fused-ring (bicyclic) bond motifs is 1. The minimum absolute atomic E-state index is 0.0335. The predicted octanol–water partition coefficient (Wildman–Crippen LogP) is 2.54. The summed E-state index contributed by atoms with van der Waals surface area (Å²) in [5, 5.41) is 9.38. The summed E-state index contributed by atoms with van der Waals surface area (Å²) in [5.41, 5.74) is 5.23. The molecule has 2 fully saturated rings. The quantitative estimate of drug-likeness (QED) is 0.700. The van der Waals surface area contributed by atoms with Gasteiger partial charge in [-0.15, -0.1) is 0 Å². The molecule has 2 aliphatic rings. The zero-order valence-electron chi connectivity index (χ0n) is 18.3. The summed E-state index contributed by atoms with van der Waals surface area (Å²) >= 11 is 0. The Balaban J connectivity index is 1.97. The second-order valence-corrected chi connectivity index (χ2v) is 8.89. The summed E-state index contributed by atoms with van der Waals surface area (Å²) < 4.78 is 23.1. The van der Waals surface area contributed by atoms with Crippen molar-refractivity contribution in [3.8, 4) is 5.75 Å². The molecule has 9 heteroatoms. The maximum absolute atomic E-state index is 15.7. The van der Waals surface area contributed by atoms with Crippen LogP contribution < -0.4 is 20.8 Å². The summed E-state index contributed by atoms with van der Waals surface area (Å²) in [6, 6.07) is 0.414. The Morgan fingerprint density at radius 2 is 2.00 bits per heavy atom. The fraction of sp³-hybridized carbons (Fsp3) is 0.545. The highest BCUT2D eigenvalue weighted by Crippen LogP contribution is 2.46. The molecule has 0 bridgehead atoms. The maximum Gasteiger partial charge on any atom is 0.341 e. The van der Waals surface area contributed by atoms with Crippen LogP contribution in [0.1, 0.15) is 42.6 Å². The van der Waals surface area contributed by atoms with E-state index in [0.29, 0.717) is 24.6 Å². The molecule has 2 heterocycles. The number of nitrogens with zero attached hydrogens (tertiary/aromatic N) is 3. The van der Waals surface area contributed by atoms with Crippen molar-refractivity contribution in [3.63, 3.8) is 0 Å². The molecule has 2 unspecified atom stereocenters. The van der Waals surface area contributed by atoms with Crippen LogP contribution in [0.15, 0.2) is 11.0 Å². The molecular formula is C22H29FN4O4. The second-order valence-electron chi connectivity index (χ2n) is 8.89. The van der Waals surface area contributed by atoms with E-state index >= 15 is 4.39 Å². The number of benzene rings is 1. The van der Waals surface area contributed by atoms with Gasteiger partial charge in [-0.1, -0.05) is 6.92 Å². The standard InChI is InChI=1S/C22H29FN4O4/c1-11-9-26(8-7-14(11)25(2)3)19-16(23)17(24)15-18(21(19)31-4)27(12-5-6-12)10-13(20(15)28)22(29)30/h10-12,14H,5-9,24H2,1-4H3,(H,29,30). The molecule has 1 saturated heterocycles. The van der Waals surface area contributed by atoms with Crippen molar-refractivity contribution < 1.29 is 19.0 Å². The van der Waals surface area contributed by atoms with Crippen LogP contribution >= 0.6 is 0 Å². The molecule has 4 rings (SSSR count). The number of ether oxygens (including phenoxy) is 1. The van der Waals surface area contributed by atoms with Gasteiger partial charge in [0.05, 0.1) is 23.7 Å². The average Bonchev–Trinajstić information content (AvgIpc) is 3.54. The fourth-order valence-corrected chi connectivity index (χ4v) is 4.94. The largest absolute Gasteiger partial charge is 0.492 e. The van der Waals surface area contributed by atoms with Gasteiger partial charge < -0.3 is 29.9 Å². The predicted molar refractivity (Wildman–Crippen MR) is 118 cm³/mol. The van der Waals surface area contributed by atoms with Crippen molar-refractivity contribution in [2.75, 3.05) is 44.9 Å².